The summed E-state index contributed by atoms with van der Waals surface area (Å²) in [7, 11) is 3.98. The minimum atomic E-state index is -0.223. The van der Waals surface area contributed by atoms with Gasteiger partial charge in [-0.2, -0.15) is 4.98 Å². The fourth-order valence-corrected chi connectivity index (χ4v) is 4.03. The Hall–Kier alpha value is -3.36. The molecule has 31 heavy (non-hydrogen) atoms. The number of aryl methyl sites for hydroxylation is 2. The molecule has 4 rings (SSSR count). The highest BCUT2D eigenvalue weighted by molar-refractivity contribution is 5.91. The van der Waals surface area contributed by atoms with Gasteiger partial charge in [-0.05, 0) is 51.7 Å². The van der Waals surface area contributed by atoms with E-state index in [1.807, 2.05) is 43.3 Å². The number of nitrogens with one attached hydrogen (secondary N) is 3. The number of hydrogen-bond acceptors (Lipinski definition) is 7. The second-order valence-electron chi connectivity index (χ2n) is 8.27. The zero-order chi connectivity index (χ0) is 22.0. The molecule has 0 radical (unpaired) electrons. The molecule has 1 fully saturated rings. The van der Waals surface area contributed by atoms with Crippen LogP contribution in [0.4, 0.5) is 22.2 Å². The number of benzene rings is 1. The molecule has 0 aliphatic heterocycles. The first-order valence-corrected chi connectivity index (χ1v) is 10.6. The highest BCUT2D eigenvalue weighted by atomic mass is 16.5. The predicted octanol–water partition coefficient (Wildman–Crippen LogP) is 3.85. The molecule has 0 unspecified atom stereocenters. The van der Waals surface area contributed by atoms with Gasteiger partial charge in [0.05, 0.1) is 5.52 Å². The zero-order valence-electron chi connectivity index (χ0n) is 18.4. The lowest BCUT2D eigenvalue weighted by Gasteiger charge is -2.30. The average Bonchev–Trinajstić information content (AvgIpc) is 3.06. The van der Waals surface area contributed by atoms with Crippen molar-refractivity contribution in [3.8, 4) is 0 Å². The molecule has 2 aromatic heterocycles. The number of carbonyl (C=O) groups excluding carboxylic acids is 1. The van der Waals surface area contributed by atoms with E-state index in [9.17, 15) is 4.79 Å². The van der Waals surface area contributed by atoms with E-state index in [1.54, 1.807) is 13.8 Å². The fourth-order valence-electron chi connectivity index (χ4n) is 4.03. The van der Waals surface area contributed by atoms with Gasteiger partial charge in [0.1, 0.15) is 17.2 Å². The molecule has 3 N–H and O–H groups in total. The van der Waals surface area contributed by atoms with Crippen molar-refractivity contribution < 1.29 is 9.32 Å². The maximum absolute atomic E-state index is 12.3. The molecule has 164 valence electrons. The van der Waals surface area contributed by atoms with Gasteiger partial charge in [0.15, 0.2) is 5.76 Å². The molecule has 1 saturated carbocycles. The summed E-state index contributed by atoms with van der Waals surface area (Å²) in [6, 6.07) is 8.23. The lowest BCUT2D eigenvalue weighted by molar-refractivity contribution is 0.243. The molecule has 0 bridgehead atoms. The number of amides is 2. The first kappa shape index (κ1) is 20.9. The maximum Gasteiger partial charge on any atom is 0.319 e. The molecule has 2 amide bonds. The van der Waals surface area contributed by atoms with E-state index in [-0.39, 0.29) is 18.1 Å². The summed E-state index contributed by atoms with van der Waals surface area (Å²) in [5.74, 6) is 2.16. The summed E-state index contributed by atoms with van der Waals surface area (Å²) < 4.78 is 5.09. The molecule has 3 aromatic rings. The first-order chi connectivity index (χ1) is 14.9. The highest BCUT2D eigenvalue weighted by Gasteiger charge is 2.24. The van der Waals surface area contributed by atoms with E-state index < -0.39 is 0 Å². The number of aromatic nitrogens is 3. The minimum absolute atomic E-state index is 0.133. The molecule has 0 atom stereocenters. The van der Waals surface area contributed by atoms with Gasteiger partial charge in [-0.3, -0.25) is 0 Å². The van der Waals surface area contributed by atoms with Crippen LogP contribution in [0.1, 0.15) is 37.1 Å². The topological polar surface area (TPSA) is 108 Å². The number of carbonyl (C=O) groups is 1. The Kier molecular flexibility index (Phi) is 5.92. The summed E-state index contributed by atoms with van der Waals surface area (Å²) in [4.78, 5) is 23.8. The number of anilines is 3. The average molecular weight is 424 g/mol. The number of hydrogen-bond donors (Lipinski definition) is 3. The number of urea groups is 1. The molecule has 1 aliphatic carbocycles. The summed E-state index contributed by atoms with van der Waals surface area (Å²) in [6.07, 6.45) is 3.65. The van der Waals surface area contributed by atoms with Crippen LogP contribution in [0, 0.1) is 13.8 Å². The SMILES string of the molecule is Cc1noc(C)c1NC(=O)N[C@H]1CC[C@@H](Nc2nc(N(C)C)c3ccccc3n2)CC1. The molecule has 2 heterocycles. The number of para-hydroxylation sites is 1. The van der Waals surface area contributed by atoms with Crippen LogP contribution in [0.15, 0.2) is 28.8 Å². The molecule has 9 heteroatoms. The Morgan fingerprint density at radius 3 is 2.45 bits per heavy atom. The third-order valence-electron chi connectivity index (χ3n) is 5.67. The number of rotatable bonds is 5. The first-order valence-electron chi connectivity index (χ1n) is 10.6. The van der Waals surface area contributed by atoms with Gasteiger partial charge in [0.2, 0.25) is 5.95 Å². The van der Waals surface area contributed by atoms with Crippen molar-refractivity contribution in [1.82, 2.24) is 20.4 Å². The van der Waals surface area contributed by atoms with Gasteiger partial charge in [0.25, 0.3) is 0 Å². The van der Waals surface area contributed by atoms with Gasteiger partial charge in [0, 0.05) is 31.6 Å². The number of nitrogens with zero attached hydrogens (tertiary/aromatic N) is 4. The van der Waals surface area contributed by atoms with Gasteiger partial charge in [-0.1, -0.05) is 17.3 Å². The maximum atomic E-state index is 12.3. The van der Waals surface area contributed by atoms with Crippen molar-refractivity contribution in [2.24, 2.45) is 0 Å². The van der Waals surface area contributed by atoms with Crippen molar-refractivity contribution in [1.29, 1.82) is 0 Å². The van der Waals surface area contributed by atoms with Crippen LogP contribution < -0.4 is 20.9 Å². The molecule has 1 aromatic carbocycles. The van der Waals surface area contributed by atoms with Gasteiger partial charge >= 0.3 is 6.03 Å². The summed E-state index contributed by atoms with van der Waals surface area (Å²) in [5.41, 5.74) is 2.24. The quantitative estimate of drug-likeness (QED) is 0.572. The Morgan fingerprint density at radius 2 is 1.77 bits per heavy atom. The monoisotopic (exact) mass is 423 g/mol. The third kappa shape index (κ3) is 4.70. The van der Waals surface area contributed by atoms with Crippen LogP contribution in [0.3, 0.4) is 0 Å². The van der Waals surface area contributed by atoms with Crippen LogP contribution >= 0.6 is 0 Å². The van der Waals surface area contributed by atoms with E-state index in [2.05, 4.69) is 21.1 Å². The molecular weight excluding hydrogens is 394 g/mol. The molecule has 1 aliphatic rings. The van der Waals surface area contributed by atoms with Crippen LogP contribution in [0.25, 0.3) is 10.9 Å². The van der Waals surface area contributed by atoms with E-state index in [4.69, 9.17) is 14.5 Å². The van der Waals surface area contributed by atoms with Crippen molar-refractivity contribution >= 4 is 34.4 Å². The smallest absolute Gasteiger partial charge is 0.319 e. The fraction of sp³-hybridized carbons (Fsp3) is 0.455. The molecule has 0 spiro atoms. The summed E-state index contributed by atoms with van der Waals surface area (Å²) in [5, 5.41) is 14.3. The van der Waals surface area contributed by atoms with Crippen molar-refractivity contribution in [2.45, 2.75) is 51.6 Å². The second kappa shape index (κ2) is 8.79. The van der Waals surface area contributed by atoms with Crippen LogP contribution in [-0.2, 0) is 0 Å². The van der Waals surface area contributed by atoms with E-state index >= 15 is 0 Å². The predicted molar refractivity (Wildman–Crippen MR) is 122 cm³/mol. The van der Waals surface area contributed by atoms with Crippen molar-refractivity contribution in [2.75, 3.05) is 29.6 Å². The van der Waals surface area contributed by atoms with Crippen molar-refractivity contribution in [3.05, 3.63) is 35.7 Å². The molecular formula is C22H29N7O2. The Balaban J connectivity index is 1.34. The van der Waals surface area contributed by atoms with E-state index in [1.165, 1.54) is 0 Å². The Bertz CT molecular complexity index is 1050. The second-order valence-corrected chi connectivity index (χ2v) is 8.27. The number of fused-ring (bicyclic) bond motifs is 1. The van der Waals surface area contributed by atoms with Crippen LogP contribution in [0.2, 0.25) is 0 Å². The summed E-state index contributed by atoms with van der Waals surface area (Å²) in [6.45, 7) is 3.59. The lowest BCUT2D eigenvalue weighted by atomic mass is 9.91. The van der Waals surface area contributed by atoms with E-state index in [0.717, 1.165) is 42.4 Å². The van der Waals surface area contributed by atoms with Gasteiger partial charge in [-0.25, -0.2) is 9.78 Å². The highest BCUT2D eigenvalue weighted by Crippen LogP contribution is 2.26. The van der Waals surface area contributed by atoms with Gasteiger partial charge < -0.3 is 25.4 Å². The summed E-state index contributed by atoms with van der Waals surface area (Å²) >= 11 is 0. The largest absolute Gasteiger partial charge is 0.362 e. The minimum Gasteiger partial charge on any atom is -0.362 e. The van der Waals surface area contributed by atoms with Crippen LogP contribution in [0.5, 0.6) is 0 Å². The zero-order valence-corrected chi connectivity index (χ0v) is 18.4. The normalized spacial score (nSPS) is 18.6. The van der Waals surface area contributed by atoms with Gasteiger partial charge in [-0.15, -0.1) is 0 Å². The lowest BCUT2D eigenvalue weighted by Crippen LogP contribution is -2.42. The standard InChI is InChI=1S/C22H29N7O2/c1-13-19(14(2)31-28-13)26-22(30)24-16-11-9-15(10-12-16)23-21-25-18-8-6-5-7-17(18)20(27-21)29(3)4/h5-8,15-16H,9-12H2,1-4H3,(H,23,25,27)(H2,24,26,30)/t15-,16+. The third-order valence-corrected chi connectivity index (χ3v) is 5.67. The Morgan fingerprint density at radius 1 is 1.06 bits per heavy atom. The molecule has 0 saturated heterocycles. The molecule has 9 nitrogen and oxygen atoms in total. The van der Waals surface area contributed by atoms with Crippen LogP contribution in [-0.4, -0.2) is 47.3 Å². The Labute approximate surface area is 181 Å². The van der Waals surface area contributed by atoms with Crippen molar-refractivity contribution in [3.63, 3.8) is 0 Å². The van der Waals surface area contributed by atoms with E-state index in [0.29, 0.717) is 23.1 Å².